The van der Waals surface area contributed by atoms with Gasteiger partial charge in [-0.25, -0.2) is 0 Å². The Bertz CT molecular complexity index is 429. The molecule has 0 aliphatic carbocycles. The van der Waals surface area contributed by atoms with E-state index < -0.39 is 27.9 Å². The minimum absolute atomic E-state index is 0.237. The zero-order valence-corrected chi connectivity index (χ0v) is 7.45. The molecule has 0 spiro atoms. The van der Waals surface area contributed by atoms with Crippen LogP contribution in [0.25, 0.3) is 0 Å². The topological polar surface area (TPSA) is 103 Å². The van der Waals surface area contributed by atoms with E-state index in [1.807, 2.05) is 0 Å². The Labute approximate surface area is 83.6 Å². The lowest BCUT2D eigenvalue weighted by Gasteiger charge is -1.97. The van der Waals surface area contributed by atoms with Gasteiger partial charge in [0.2, 0.25) is 5.78 Å². The summed E-state index contributed by atoms with van der Waals surface area (Å²) in [6, 6.07) is 5.14. The highest BCUT2D eigenvalue weighted by molar-refractivity contribution is 6.00. The maximum absolute atomic E-state index is 11.2. The normalized spacial score (nSPS) is 9.60. The van der Waals surface area contributed by atoms with Crippen LogP contribution >= 0.6 is 0 Å². The predicted octanol–water partition coefficient (Wildman–Crippen LogP) is 1.05. The van der Waals surface area contributed by atoms with Gasteiger partial charge in [0.05, 0.1) is 4.92 Å². The Hall–Kier alpha value is -2.31. The molecule has 0 fully saturated rings. The van der Waals surface area contributed by atoms with E-state index in [0.29, 0.717) is 0 Å². The van der Waals surface area contributed by atoms with Crippen molar-refractivity contribution in [3.05, 3.63) is 50.1 Å². The van der Waals surface area contributed by atoms with Crippen molar-refractivity contribution in [2.45, 2.75) is 0 Å². The van der Waals surface area contributed by atoms with E-state index >= 15 is 0 Å². The number of hydrogen-bond acceptors (Lipinski definition) is 5. The van der Waals surface area contributed by atoms with Crippen LogP contribution in [0.1, 0.15) is 10.4 Å². The fourth-order valence-electron chi connectivity index (χ4n) is 1.07. The second-order valence-electron chi connectivity index (χ2n) is 2.69. The van der Waals surface area contributed by atoms with E-state index in [0.717, 1.165) is 6.07 Å². The van der Waals surface area contributed by atoms with Gasteiger partial charge in [0, 0.05) is 11.0 Å². The Kier molecular flexibility index (Phi) is 3.06. The van der Waals surface area contributed by atoms with Gasteiger partial charge in [-0.05, 0) is 6.07 Å². The molecule has 0 aliphatic heterocycles. The van der Waals surface area contributed by atoms with Gasteiger partial charge in [0.25, 0.3) is 12.2 Å². The Morgan fingerprint density at radius 2 is 1.80 bits per heavy atom. The average Bonchev–Trinajstić information content (AvgIpc) is 2.16. The Balaban J connectivity index is 3.08. The van der Waals surface area contributed by atoms with Crippen molar-refractivity contribution in [1.29, 1.82) is 0 Å². The molecule has 1 aromatic carbocycles. The van der Waals surface area contributed by atoms with Crippen LogP contribution in [0.15, 0.2) is 24.3 Å². The van der Waals surface area contributed by atoms with Crippen LogP contribution in [0.4, 0.5) is 5.69 Å². The highest BCUT2D eigenvalue weighted by Crippen LogP contribution is 2.17. The third-order valence-corrected chi connectivity index (χ3v) is 1.67. The molecule has 0 unspecified atom stereocenters. The molecule has 0 aliphatic rings. The SMILES string of the molecule is O=C(C[N+](=O)[O-])c1ccccc1[N+](=O)[O-]. The van der Waals surface area contributed by atoms with E-state index in [4.69, 9.17) is 0 Å². The van der Waals surface area contributed by atoms with Crippen molar-refractivity contribution in [1.82, 2.24) is 0 Å². The van der Waals surface area contributed by atoms with Crippen LogP contribution in [-0.2, 0) is 0 Å². The molecule has 7 nitrogen and oxygen atoms in total. The predicted molar refractivity (Wildman–Crippen MR) is 49.3 cm³/mol. The van der Waals surface area contributed by atoms with Gasteiger partial charge in [0.15, 0.2) is 0 Å². The van der Waals surface area contributed by atoms with Crippen molar-refractivity contribution in [2.75, 3.05) is 6.54 Å². The van der Waals surface area contributed by atoms with Gasteiger partial charge in [-0.3, -0.25) is 25.0 Å². The van der Waals surface area contributed by atoms with Crippen molar-refractivity contribution in [3.63, 3.8) is 0 Å². The quantitative estimate of drug-likeness (QED) is 0.419. The second kappa shape index (κ2) is 4.27. The number of carbonyl (C=O) groups excluding carboxylic acids is 1. The first-order valence-corrected chi connectivity index (χ1v) is 3.91. The molecule has 7 heteroatoms. The van der Waals surface area contributed by atoms with Crippen LogP contribution in [0.3, 0.4) is 0 Å². The molecule has 78 valence electrons. The maximum Gasteiger partial charge on any atom is 0.280 e. The molecule has 15 heavy (non-hydrogen) atoms. The summed E-state index contributed by atoms with van der Waals surface area (Å²) >= 11 is 0. The summed E-state index contributed by atoms with van der Waals surface area (Å²) in [5.74, 6) is -0.868. The minimum atomic E-state index is -0.940. The monoisotopic (exact) mass is 210 g/mol. The fourth-order valence-corrected chi connectivity index (χ4v) is 1.07. The van der Waals surface area contributed by atoms with Gasteiger partial charge in [-0.1, -0.05) is 12.1 Å². The largest absolute Gasteiger partial charge is 0.286 e. The highest BCUT2D eigenvalue weighted by atomic mass is 16.6. The molecule has 0 radical (unpaired) electrons. The molecule has 0 heterocycles. The van der Waals surface area contributed by atoms with Crippen molar-refractivity contribution < 1.29 is 14.6 Å². The lowest BCUT2D eigenvalue weighted by Crippen LogP contribution is -2.15. The highest BCUT2D eigenvalue weighted by Gasteiger charge is 2.22. The number of benzene rings is 1. The number of hydrogen-bond donors (Lipinski definition) is 0. The molecule has 0 saturated heterocycles. The fraction of sp³-hybridized carbons (Fsp3) is 0.125. The van der Waals surface area contributed by atoms with Crippen molar-refractivity contribution in [3.8, 4) is 0 Å². The van der Waals surface area contributed by atoms with Gasteiger partial charge >= 0.3 is 0 Å². The van der Waals surface area contributed by atoms with E-state index in [1.165, 1.54) is 18.2 Å². The lowest BCUT2D eigenvalue weighted by atomic mass is 10.1. The van der Waals surface area contributed by atoms with E-state index in [1.54, 1.807) is 0 Å². The van der Waals surface area contributed by atoms with Gasteiger partial charge in [-0.2, -0.15) is 0 Å². The number of rotatable bonds is 4. The number of carbonyl (C=O) groups is 1. The Morgan fingerprint density at radius 3 is 2.33 bits per heavy atom. The summed E-state index contributed by atoms with van der Waals surface area (Å²) in [5, 5.41) is 20.6. The molecular weight excluding hydrogens is 204 g/mol. The molecule has 0 saturated carbocycles. The van der Waals surface area contributed by atoms with Gasteiger partial charge in [-0.15, -0.1) is 0 Å². The van der Waals surface area contributed by atoms with Crippen LogP contribution in [0.2, 0.25) is 0 Å². The summed E-state index contributed by atoms with van der Waals surface area (Å²) in [6.45, 7) is -0.940. The number of nitrogens with zero attached hydrogens (tertiary/aromatic N) is 2. The molecule has 0 aromatic heterocycles. The standard InChI is InChI=1S/C8H6N2O5/c11-8(5-9(12)13)6-3-1-2-4-7(6)10(14)15/h1-4H,5H2. The minimum Gasteiger partial charge on any atom is -0.286 e. The third kappa shape index (κ3) is 2.56. The molecule has 1 aromatic rings. The smallest absolute Gasteiger partial charge is 0.280 e. The van der Waals surface area contributed by atoms with Gasteiger partial charge < -0.3 is 0 Å². The van der Waals surface area contributed by atoms with Crippen molar-refractivity contribution >= 4 is 11.5 Å². The molecule has 1 rings (SSSR count). The van der Waals surface area contributed by atoms with Gasteiger partial charge in [0.1, 0.15) is 5.56 Å². The zero-order valence-electron chi connectivity index (χ0n) is 7.45. The number of nitro groups is 2. The molecule has 0 bridgehead atoms. The number of ketones is 1. The van der Waals surface area contributed by atoms with E-state index in [9.17, 15) is 25.0 Å². The molecule has 0 amide bonds. The summed E-state index contributed by atoms with van der Waals surface area (Å²) in [7, 11) is 0. The number of para-hydroxylation sites is 1. The summed E-state index contributed by atoms with van der Waals surface area (Å²) in [6.07, 6.45) is 0. The average molecular weight is 210 g/mol. The first-order chi connectivity index (χ1) is 7.02. The summed E-state index contributed by atoms with van der Waals surface area (Å²) in [5.41, 5.74) is -0.649. The molecular formula is C8H6N2O5. The maximum atomic E-state index is 11.2. The summed E-state index contributed by atoms with van der Waals surface area (Å²) in [4.78, 5) is 30.2. The van der Waals surface area contributed by atoms with E-state index in [2.05, 4.69) is 0 Å². The van der Waals surface area contributed by atoms with Crippen molar-refractivity contribution in [2.24, 2.45) is 0 Å². The second-order valence-corrected chi connectivity index (χ2v) is 2.69. The van der Waals surface area contributed by atoms with Crippen LogP contribution in [0.5, 0.6) is 0 Å². The van der Waals surface area contributed by atoms with Crippen LogP contribution in [0, 0.1) is 20.2 Å². The molecule has 0 N–H and O–H groups in total. The lowest BCUT2D eigenvalue weighted by molar-refractivity contribution is -0.465. The number of Topliss-reactive ketones (excluding diaryl/α,β-unsaturated/α-hetero) is 1. The first kappa shape index (κ1) is 10.8. The first-order valence-electron chi connectivity index (χ1n) is 3.91. The van der Waals surface area contributed by atoms with Crippen LogP contribution in [-0.4, -0.2) is 22.2 Å². The molecule has 0 atom stereocenters. The zero-order chi connectivity index (χ0) is 11.4. The Morgan fingerprint density at radius 1 is 1.20 bits per heavy atom. The van der Waals surface area contributed by atoms with Crippen LogP contribution < -0.4 is 0 Å². The number of nitro benzene ring substituents is 1. The van der Waals surface area contributed by atoms with E-state index in [-0.39, 0.29) is 5.56 Å². The third-order valence-electron chi connectivity index (χ3n) is 1.67. The summed E-state index contributed by atoms with van der Waals surface area (Å²) < 4.78 is 0.